The minimum absolute atomic E-state index is 0.0263. The molecule has 2 aromatic carbocycles. The quantitative estimate of drug-likeness (QED) is 0.0564. The van der Waals surface area contributed by atoms with Crippen molar-refractivity contribution in [2.75, 3.05) is 19.0 Å². The molecule has 1 aliphatic carbocycles. The Morgan fingerprint density at radius 1 is 1.01 bits per heavy atom. The number of hydrogen-bond donors (Lipinski definition) is 4. The van der Waals surface area contributed by atoms with Crippen molar-refractivity contribution in [3.8, 4) is 28.6 Å². The molecule has 2 aliphatic rings. The largest absolute Gasteiger partial charge is 0.497 e. The fourth-order valence-electron chi connectivity index (χ4n) is 8.25. The number of thiazole rings is 1. The first-order valence-electron chi connectivity index (χ1n) is 22.4. The lowest BCUT2D eigenvalue weighted by molar-refractivity contribution is -0.143. The van der Waals surface area contributed by atoms with E-state index < -0.39 is 63.3 Å². The lowest BCUT2D eigenvalue weighted by Gasteiger charge is -2.36. The van der Waals surface area contributed by atoms with E-state index in [1.807, 2.05) is 23.9 Å². The number of nitrogens with zero attached hydrogens (tertiary/aromatic N) is 3. The van der Waals surface area contributed by atoms with Crippen LogP contribution in [0.4, 0.5) is 9.93 Å². The number of benzene rings is 2. The van der Waals surface area contributed by atoms with Gasteiger partial charge in [-0.2, -0.15) is 8.42 Å². The summed E-state index contributed by atoms with van der Waals surface area (Å²) in [6.45, 7) is 19.9. The van der Waals surface area contributed by atoms with E-state index >= 15 is 4.79 Å². The Hall–Kier alpha value is -6.43. The molecule has 1 saturated heterocycles. The molecule has 6 rings (SSSR count). The molecule has 68 heavy (non-hydrogen) atoms. The average Bonchev–Trinajstić information content (AvgIpc) is 4.05. The molecule has 19 heteroatoms. The van der Waals surface area contributed by atoms with E-state index in [0.29, 0.717) is 62.9 Å². The maximum Gasteiger partial charge on any atom is 0.409 e. The first kappa shape index (κ1) is 51.0. The number of aromatic nitrogens is 2. The molecule has 2 fully saturated rings. The molecule has 0 bridgehead atoms. The molecule has 17 nitrogen and oxygen atoms in total. The van der Waals surface area contributed by atoms with E-state index in [1.54, 1.807) is 84.2 Å². The van der Waals surface area contributed by atoms with Gasteiger partial charge in [-0.1, -0.05) is 51.6 Å². The summed E-state index contributed by atoms with van der Waals surface area (Å²) in [5.41, 5.74) is 2.11. The zero-order valence-corrected chi connectivity index (χ0v) is 41.4. The van der Waals surface area contributed by atoms with Crippen LogP contribution in [0.3, 0.4) is 0 Å². The molecule has 364 valence electrons. The fourth-order valence-corrected chi connectivity index (χ4v) is 10.0. The molecule has 1 saturated carbocycles. The molecule has 0 unspecified atom stereocenters. The van der Waals surface area contributed by atoms with Crippen molar-refractivity contribution in [1.29, 1.82) is 0 Å². The molecule has 4 amide bonds. The maximum atomic E-state index is 15.0. The Labute approximate surface area is 402 Å². The second-order valence-corrected chi connectivity index (χ2v) is 20.6. The van der Waals surface area contributed by atoms with Crippen molar-refractivity contribution in [1.82, 2.24) is 30.2 Å². The SMILES string of the molecule is C=C=C[C@](CC=C)(NC(=O)[C@@H]1C[C@@H](Oc2cc(-c3csc(NC(C)C)n3)nc3cc(OC)ccc23)CN1C(=O)[C@@H](NC(=O)OC1CCCC1)C(C)(C)C)C(=O)NS(=O)(=O)Oc1c(C)cccc1C. The zero-order valence-electron chi connectivity index (χ0n) is 39.8. The van der Waals surface area contributed by atoms with Crippen molar-refractivity contribution in [3.63, 3.8) is 0 Å². The number of alkyl carbamates (subject to hydrolysis) is 1. The number of fused-ring (bicyclic) bond motifs is 1. The van der Waals surface area contributed by atoms with Gasteiger partial charge in [-0.25, -0.2) is 19.5 Å². The number of aryl methyl sites for hydroxylation is 2. The summed E-state index contributed by atoms with van der Waals surface area (Å²) < 4.78 is 52.2. The van der Waals surface area contributed by atoms with Gasteiger partial charge in [-0.15, -0.1) is 23.6 Å². The van der Waals surface area contributed by atoms with Gasteiger partial charge >= 0.3 is 16.4 Å². The third-order valence-corrected chi connectivity index (χ3v) is 13.2. The predicted octanol–water partition coefficient (Wildman–Crippen LogP) is 7.45. The summed E-state index contributed by atoms with van der Waals surface area (Å²) >= 11 is 1.42. The molecule has 4 N–H and O–H groups in total. The van der Waals surface area contributed by atoms with E-state index in [2.05, 4.69) is 34.8 Å². The highest BCUT2D eigenvalue weighted by molar-refractivity contribution is 7.85. The number of para-hydroxylation sites is 1. The van der Waals surface area contributed by atoms with Gasteiger partial charge in [0.1, 0.15) is 52.8 Å². The summed E-state index contributed by atoms with van der Waals surface area (Å²) in [5, 5.41) is 12.0. The van der Waals surface area contributed by atoms with E-state index in [0.717, 1.165) is 18.9 Å². The van der Waals surface area contributed by atoms with Crippen molar-refractivity contribution in [3.05, 3.63) is 90.0 Å². The molecule has 2 aromatic heterocycles. The van der Waals surface area contributed by atoms with Crippen LogP contribution in [0.5, 0.6) is 17.2 Å². The predicted molar refractivity (Wildman–Crippen MR) is 261 cm³/mol. The minimum atomic E-state index is -4.83. The van der Waals surface area contributed by atoms with Gasteiger partial charge in [0.05, 0.1) is 24.9 Å². The topological polar surface area (TPSA) is 216 Å². The summed E-state index contributed by atoms with van der Waals surface area (Å²) in [6, 6.07) is 9.73. The number of likely N-dealkylation sites (tertiary alicyclic amines) is 1. The van der Waals surface area contributed by atoms with Gasteiger partial charge < -0.3 is 39.2 Å². The Bertz CT molecular complexity index is 2680. The molecule has 4 aromatic rings. The van der Waals surface area contributed by atoms with E-state index in [-0.39, 0.29) is 37.3 Å². The van der Waals surface area contributed by atoms with Gasteiger partial charge in [0.2, 0.25) is 11.8 Å². The normalized spacial score (nSPS) is 17.6. The highest BCUT2D eigenvalue weighted by atomic mass is 32.2. The summed E-state index contributed by atoms with van der Waals surface area (Å²) in [4.78, 5) is 68.5. The van der Waals surface area contributed by atoms with Gasteiger partial charge in [0, 0.05) is 41.8 Å². The van der Waals surface area contributed by atoms with Crippen LogP contribution in [0.25, 0.3) is 22.3 Å². The first-order chi connectivity index (χ1) is 32.1. The molecule has 0 spiro atoms. The van der Waals surface area contributed by atoms with Crippen LogP contribution in [0.1, 0.15) is 84.3 Å². The third kappa shape index (κ3) is 12.2. The second-order valence-electron chi connectivity index (χ2n) is 18.5. The number of carbonyl (C=O) groups excluding carboxylic acids is 4. The van der Waals surface area contributed by atoms with Gasteiger partial charge in [0.25, 0.3) is 5.91 Å². The molecule has 0 radical (unpaired) electrons. The third-order valence-electron chi connectivity index (χ3n) is 11.6. The first-order valence-corrected chi connectivity index (χ1v) is 24.7. The van der Waals surface area contributed by atoms with E-state index in [4.69, 9.17) is 28.4 Å². The van der Waals surface area contributed by atoms with E-state index in [9.17, 15) is 22.8 Å². The van der Waals surface area contributed by atoms with Gasteiger partial charge in [-0.3, -0.25) is 14.4 Å². The summed E-state index contributed by atoms with van der Waals surface area (Å²) in [5.74, 6) is -1.71. The zero-order chi connectivity index (χ0) is 49.6. The maximum absolute atomic E-state index is 15.0. The van der Waals surface area contributed by atoms with Crippen LogP contribution in [-0.2, 0) is 29.4 Å². The van der Waals surface area contributed by atoms with Crippen LogP contribution in [0, 0.1) is 19.3 Å². The highest BCUT2D eigenvalue weighted by Crippen LogP contribution is 2.37. The Morgan fingerprint density at radius 3 is 2.35 bits per heavy atom. The molecule has 4 atom stereocenters. The van der Waals surface area contributed by atoms with Crippen LogP contribution in [0.2, 0.25) is 0 Å². The van der Waals surface area contributed by atoms with Crippen molar-refractivity contribution in [2.45, 2.75) is 123 Å². The van der Waals surface area contributed by atoms with Crippen LogP contribution >= 0.6 is 11.3 Å². The Morgan fingerprint density at radius 2 is 1.72 bits per heavy atom. The monoisotopic (exact) mass is 971 g/mol. The number of pyridine rings is 1. The molecule has 1 aliphatic heterocycles. The fraction of sp³-hybridized carbons (Fsp3) is 0.449. The minimum Gasteiger partial charge on any atom is -0.497 e. The number of amides is 4. The van der Waals surface area contributed by atoms with Crippen molar-refractivity contribution >= 4 is 61.5 Å². The lowest BCUT2D eigenvalue weighted by Crippen LogP contribution is -2.63. The lowest BCUT2D eigenvalue weighted by atomic mass is 9.85. The number of hydrogen-bond acceptors (Lipinski definition) is 14. The summed E-state index contributed by atoms with van der Waals surface area (Å²) in [6.07, 6.45) is 3.37. The Kier molecular flexibility index (Phi) is 15.9. The number of methoxy groups -OCH3 is 1. The van der Waals surface area contributed by atoms with E-state index in [1.165, 1.54) is 22.3 Å². The number of anilines is 1. The molecular weight excluding hydrogens is 911 g/mol. The van der Waals surface area contributed by atoms with Crippen LogP contribution < -0.4 is 34.3 Å². The van der Waals surface area contributed by atoms with Gasteiger partial charge in [-0.05, 0) is 88.1 Å². The number of carbonyl (C=O) groups is 4. The number of ether oxygens (including phenoxy) is 3. The number of rotatable bonds is 18. The van der Waals surface area contributed by atoms with Crippen molar-refractivity contribution in [2.24, 2.45) is 5.41 Å². The standard InChI is InChI=1S/C49H61N7O10S2/c1-11-22-49(23-12-2,45(59)55-68(61,62)66-41-30(5)16-15-17-31(41)6)54-43(57)39-25-34(27-56(39)44(58)42(48(7,8)9)53-47(60)65-32-18-13-14-19-32)64-40-26-37(38-28-67-46(52-38)50-29(3)4)51-36-24-33(63-10)20-21-35(36)40/h11,15-17,20-21,23-24,26,28-29,32,34,39,42H,1-2,13-14,18-19,22,25,27H2,3-10H3,(H,50,52)(H,53,60)(H,54,57)(H,55,59)/t34-,39+,42-,49+/m1/s1. The molecule has 3 heterocycles. The second kappa shape index (κ2) is 21.3. The molecular formula is C49H61N7O10S2. The Balaban J connectivity index is 1.37. The number of nitrogens with one attached hydrogen (secondary N) is 4. The van der Waals surface area contributed by atoms with Crippen molar-refractivity contribution < 1.29 is 46.0 Å². The average molecular weight is 972 g/mol. The van der Waals surface area contributed by atoms with Crippen LogP contribution in [-0.4, -0.2) is 96.6 Å². The smallest absolute Gasteiger partial charge is 0.409 e. The van der Waals surface area contributed by atoms with Gasteiger partial charge in [0.15, 0.2) is 5.13 Å². The van der Waals surface area contributed by atoms with Crippen LogP contribution in [0.15, 0.2) is 78.9 Å². The highest BCUT2D eigenvalue weighted by Gasteiger charge is 2.49. The summed E-state index contributed by atoms with van der Waals surface area (Å²) in [7, 11) is -3.28.